The molecular weight excluding hydrogens is 278 g/mol. The zero-order chi connectivity index (χ0) is 14.8. The molecule has 110 valence electrons. The third-order valence-corrected chi connectivity index (χ3v) is 3.50. The number of nitrogens with one attached hydrogen (secondary N) is 1. The maximum atomic E-state index is 13.5. The molecule has 0 aliphatic carbocycles. The minimum Gasteiger partial charge on any atom is -0.379 e. The molecule has 3 rings (SSSR count). The Balaban J connectivity index is 1.83. The number of nitrogens with zero attached hydrogens (tertiary/aromatic N) is 1. The quantitative estimate of drug-likeness (QED) is 0.925. The van der Waals surface area contributed by atoms with Crippen molar-refractivity contribution in [2.75, 3.05) is 13.2 Å². The number of fused-ring (bicyclic) bond motifs is 1. The van der Waals surface area contributed by atoms with Crippen LogP contribution in [-0.4, -0.2) is 30.1 Å². The molecule has 2 heterocycles. The Labute approximate surface area is 120 Å². The lowest BCUT2D eigenvalue weighted by molar-refractivity contribution is 0.0624. The maximum Gasteiger partial charge on any atom is 0.253 e. The lowest BCUT2D eigenvalue weighted by atomic mass is 10.1. The van der Waals surface area contributed by atoms with Crippen LogP contribution >= 0.6 is 0 Å². The van der Waals surface area contributed by atoms with E-state index in [0.29, 0.717) is 17.6 Å². The fraction of sp³-hybridized carbons (Fsp3) is 0.333. The van der Waals surface area contributed by atoms with Gasteiger partial charge in [0, 0.05) is 18.2 Å². The molecular formula is C15H14F2N2O2. The molecule has 0 bridgehead atoms. The summed E-state index contributed by atoms with van der Waals surface area (Å²) in [5, 5.41) is 3.24. The van der Waals surface area contributed by atoms with E-state index in [1.807, 2.05) is 0 Å². The van der Waals surface area contributed by atoms with Crippen LogP contribution < -0.4 is 5.32 Å². The van der Waals surface area contributed by atoms with Gasteiger partial charge >= 0.3 is 0 Å². The first-order valence-electron chi connectivity index (χ1n) is 6.77. The molecule has 1 N–H and O–H groups in total. The van der Waals surface area contributed by atoms with Gasteiger partial charge in [-0.2, -0.15) is 0 Å². The normalized spacial score (nSPS) is 18.7. The van der Waals surface area contributed by atoms with E-state index in [9.17, 15) is 13.6 Å². The van der Waals surface area contributed by atoms with Crippen LogP contribution in [0.3, 0.4) is 0 Å². The number of rotatable bonds is 2. The summed E-state index contributed by atoms with van der Waals surface area (Å²) in [6, 6.07) is 3.91. The number of amides is 1. The van der Waals surface area contributed by atoms with Crippen molar-refractivity contribution in [1.82, 2.24) is 10.3 Å². The van der Waals surface area contributed by atoms with Gasteiger partial charge in [0.15, 0.2) is 11.6 Å². The highest BCUT2D eigenvalue weighted by atomic mass is 19.2. The van der Waals surface area contributed by atoms with Gasteiger partial charge in [0.2, 0.25) is 0 Å². The molecule has 2 aromatic rings. The smallest absolute Gasteiger partial charge is 0.253 e. The van der Waals surface area contributed by atoms with E-state index < -0.39 is 11.6 Å². The fourth-order valence-corrected chi connectivity index (χ4v) is 2.39. The molecule has 1 aliphatic heterocycles. The zero-order valence-corrected chi connectivity index (χ0v) is 11.2. The average molecular weight is 292 g/mol. The molecule has 1 amide bonds. The van der Waals surface area contributed by atoms with Gasteiger partial charge in [0.25, 0.3) is 5.91 Å². The Bertz CT molecular complexity index is 685. The van der Waals surface area contributed by atoms with E-state index in [0.717, 1.165) is 25.5 Å². The monoisotopic (exact) mass is 292 g/mol. The molecule has 1 saturated heterocycles. The number of aromatic nitrogens is 1. The first kappa shape index (κ1) is 13.9. The molecule has 1 aromatic heterocycles. The Morgan fingerprint density at radius 2 is 2.24 bits per heavy atom. The fourth-order valence-electron chi connectivity index (χ4n) is 2.39. The lowest BCUT2D eigenvalue weighted by Crippen LogP contribution is -2.40. The third kappa shape index (κ3) is 2.85. The predicted octanol–water partition coefficient (Wildman–Crippen LogP) is 2.42. The van der Waals surface area contributed by atoms with Crippen molar-refractivity contribution in [2.24, 2.45) is 0 Å². The van der Waals surface area contributed by atoms with Gasteiger partial charge in [-0.25, -0.2) is 8.78 Å². The second kappa shape index (κ2) is 5.73. The number of hydrogen-bond acceptors (Lipinski definition) is 3. The second-order valence-corrected chi connectivity index (χ2v) is 5.04. The number of benzene rings is 1. The van der Waals surface area contributed by atoms with Crippen molar-refractivity contribution in [1.29, 1.82) is 0 Å². The van der Waals surface area contributed by atoms with Gasteiger partial charge in [-0.1, -0.05) is 0 Å². The Kier molecular flexibility index (Phi) is 3.79. The third-order valence-electron chi connectivity index (χ3n) is 3.50. The summed E-state index contributed by atoms with van der Waals surface area (Å²) >= 11 is 0. The van der Waals surface area contributed by atoms with Gasteiger partial charge < -0.3 is 10.1 Å². The number of carbonyl (C=O) groups is 1. The SMILES string of the molecule is O=C(NC1CCCOC1)c1cnc2c(F)c(F)ccc2c1. The molecule has 1 aromatic carbocycles. The van der Waals surface area contributed by atoms with Crippen LogP contribution in [0.5, 0.6) is 0 Å². The number of ether oxygens (including phenoxy) is 1. The molecule has 1 unspecified atom stereocenters. The molecule has 1 atom stereocenters. The van der Waals surface area contributed by atoms with Crippen LogP contribution in [-0.2, 0) is 4.74 Å². The summed E-state index contributed by atoms with van der Waals surface area (Å²) in [6.07, 6.45) is 3.03. The predicted molar refractivity (Wildman–Crippen MR) is 73.0 cm³/mol. The molecule has 4 nitrogen and oxygen atoms in total. The standard InChI is InChI=1S/C15H14F2N2O2/c16-12-4-3-9-6-10(7-18-14(9)13(12)17)15(20)19-11-2-1-5-21-8-11/h3-4,6-7,11H,1-2,5,8H2,(H,19,20). The van der Waals surface area contributed by atoms with Crippen molar-refractivity contribution in [2.45, 2.75) is 18.9 Å². The number of carbonyl (C=O) groups excluding carboxylic acids is 1. The highest BCUT2D eigenvalue weighted by Crippen LogP contribution is 2.19. The zero-order valence-electron chi connectivity index (χ0n) is 11.2. The molecule has 1 fully saturated rings. The molecule has 0 saturated carbocycles. The van der Waals surface area contributed by atoms with Crippen LogP contribution in [0.2, 0.25) is 0 Å². The minimum atomic E-state index is -1.000. The van der Waals surface area contributed by atoms with Crippen LogP contribution in [0.4, 0.5) is 8.78 Å². The van der Waals surface area contributed by atoms with Crippen molar-refractivity contribution in [3.8, 4) is 0 Å². The van der Waals surface area contributed by atoms with Gasteiger partial charge in [0.05, 0.1) is 18.2 Å². The van der Waals surface area contributed by atoms with Crippen molar-refractivity contribution in [3.05, 3.63) is 41.6 Å². The first-order chi connectivity index (χ1) is 10.1. The largest absolute Gasteiger partial charge is 0.379 e. The molecule has 1 aliphatic rings. The summed E-state index contributed by atoms with van der Waals surface area (Å²) in [5.74, 6) is -2.24. The van der Waals surface area contributed by atoms with Gasteiger partial charge in [-0.05, 0) is 31.0 Å². The van der Waals surface area contributed by atoms with Gasteiger partial charge in [-0.3, -0.25) is 9.78 Å². The van der Waals surface area contributed by atoms with E-state index in [2.05, 4.69) is 10.3 Å². The summed E-state index contributed by atoms with van der Waals surface area (Å²) in [4.78, 5) is 16.0. The van der Waals surface area contributed by atoms with Crippen molar-refractivity contribution < 1.29 is 18.3 Å². The van der Waals surface area contributed by atoms with Crippen molar-refractivity contribution in [3.63, 3.8) is 0 Å². The Hall–Kier alpha value is -2.08. The van der Waals surface area contributed by atoms with E-state index in [1.165, 1.54) is 18.3 Å². The van der Waals surface area contributed by atoms with Gasteiger partial charge in [-0.15, -0.1) is 0 Å². The van der Waals surface area contributed by atoms with Crippen LogP contribution in [0.1, 0.15) is 23.2 Å². The van der Waals surface area contributed by atoms with E-state index in [4.69, 9.17) is 4.74 Å². The lowest BCUT2D eigenvalue weighted by Gasteiger charge is -2.23. The van der Waals surface area contributed by atoms with Crippen LogP contribution in [0.25, 0.3) is 10.9 Å². The van der Waals surface area contributed by atoms with E-state index in [1.54, 1.807) is 0 Å². The Morgan fingerprint density at radius 3 is 3.00 bits per heavy atom. The topological polar surface area (TPSA) is 51.2 Å². The van der Waals surface area contributed by atoms with Crippen LogP contribution in [0, 0.1) is 11.6 Å². The summed E-state index contributed by atoms with van der Waals surface area (Å²) in [6.45, 7) is 1.21. The average Bonchev–Trinajstić information content (AvgIpc) is 2.51. The first-order valence-corrected chi connectivity index (χ1v) is 6.77. The number of pyridine rings is 1. The van der Waals surface area contributed by atoms with Crippen molar-refractivity contribution >= 4 is 16.8 Å². The van der Waals surface area contributed by atoms with Gasteiger partial charge in [0.1, 0.15) is 5.52 Å². The van der Waals surface area contributed by atoms with Crippen LogP contribution in [0.15, 0.2) is 24.4 Å². The summed E-state index contributed by atoms with van der Waals surface area (Å²) in [5.41, 5.74) is 0.242. The summed E-state index contributed by atoms with van der Waals surface area (Å²) < 4.78 is 32.0. The maximum absolute atomic E-state index is 13.5. The molecule has 6 heteroatoms. The Morgan fingerprint density at radius 1 is 1.38 bits per heavy atom. The van der Waals surface area contributed by atoms with E-state index >= 15 is 0 Å². The molecule has 0 spiro atoms. The summed E-state index contributed by atoms with van der Waals surface area (Å²) in [7, 11) is 0. The second-order valence-electron chi connectivity index (χ2n) is 5.04. The minimum absolute atomic E-state index is 0.0214. The van der Waals surface area contributed by atoms with E-state index in [-0.39, 0.29) is 17.5 Å². The molecule has 21 heavy (non-hydrogen) atoms. The number of halogens is 2. The molecule has 0 radical (unpaired) electrons. The highest BCUT2D eigenvalue weighted by molar-refractivity contribution is 5.97. The number of hydrogen-bond donors (Lipinski definition) is 1. The highest BCUT2D eigenvalue weighted by Gasteiger charge is 2.18.